The number of hydrogen-bond donors (Lipinski definition) is 2. The lowest BCUT2D eigenvalue weighted by molar-refractivity contribution is -0.144. The van der Waals surface area contributed by atoms with Crippen molar-refractivity contribution in [2.75, 3.05) is 19.7 Å². The molecule has 0 bridgehead atoms. The molecule has 1 fully saturated rings. The second kappa shape index (κ2) is 8.67. The van der Waals surface area contributed by atoms with Crippen LogP contribution in [-0.2, 0) is 14.3 Å². The Bertz CT molecular complexity index is 539. The van der Waals surface area contributed by atoms with Gasteiger partial charge >= 0.3 is 5.97 Å². The van der Waals surface area contributed by atoms with E-state index in [1.165, 1.54) is 0 Å². The molecule has 1 aromatic rings. The lowest BCUT2D eigenvalue weighted by atomic mass is 9.95. The largest absolute Gasteiger partial charge is 0.466 e. The molecule has 1 aliphatic rings. The first kappa shape index (κ1) is 17.5. The van der Waals surface area contributed by atoms with Crippen molar-refractivity contribution in [3.63, 3.8) is 0 Å². The molecule has 5 nitrogen and oxygen atoms in total. The van der Waals surface area contributed by atoms with Gasteiger partial charge in [-0.05, 0) is 44.4 Å². The van der Waals surface area contributed by atoms with Crippen molar-refractivity contribution >= 4 is 11.9 Å². The summed E-state index contributed by atoms with van der Waals surface area (Å²) in [6.45, 7) is 5.79. The van der Waals surface area contributed by atoms with Gasteiger partial charge in [0.25, 0.3) is 0 Å². The quantitative estimate of drug-likeness (QED) is 0.788. The van der Waals surface area contributed by atoms with Crippen molar-refractivity contribution in [2.24, 2.45) is 5.92 Å². The summed E-state index contributed by atoms with van der Waals surface area (Å²) in [6.07, 6.45) is 2.05. The van der Waals surface area contributed by atoms with E-state index in [1.807, 2.05) is 31.2 Å². The fourth-order valence-electron chi connectivity index (χ4n) is 2.97. The molecule has 2 atom stereocenters. The molecule has 1 amide bonds. The maximum absolute atomic E-state index is 12.5. The normalized spacial score (nSPS) is 19.0. The minimum absolute atomic E-state index is 0.00903. The number of ether oxygens (including phenoxy) is 1. The van der Waals surface area contributed by atoms with Crippen LogP contribution in [0.2, 0.25) is 0 Å². The van der Waals surface area contributed by atoms with E-state index in [0.717, 1.165) is 30.5 Å². The van der Waals surface area contributed by atoms with Gasteiger partial charge in [0, 0.05) is 6.54 Å². The van der Waals surface area contributed by atoms with Crippen molar-refractivity contribution < 1.29 is 14.3 Å². The van der Waals surface area contributed by atoms with Crippen molar-refractivity contribution in [3.05, 3.63) is 35.4 Å². The monoisotopic (exact) mass is 318 g/mol. The van der Waals surface area contributed by atoms with Crippen LogP contribution in [0.4, 0.5) is 0 Å². The van der Waals surface area contributed by atoms with Gasteiger partial charge in [-0.1, -0.05) is 24.3 Å². The molecule has 0 saturated carbocycles. The van der Waals surface area contributed by atoms with Gasteiger partial charge in [-0.15, -0.1) is 0 Å². The number of piperidine rings is 1. The van der Waals surface area contributed by atoms with E-state index in [1.54, 1.807) is 6.92 Å². The number of aryl methyl sites for hydroxylation is 1. The first-order valence-electron chi connectivity index (χ1n) is 8.34. The first-order chi connectivity index (χ1) is 11.1. The molecule has 0 spiro atoms. The Kier molecular flexibility index (Phi) is 6.59. The molecule has 0 aromatic heterocycles. The van der Waals surface area contributed by atoms with Crippen molar-refractivity contribution in [1.82, 2.24) is 10.6 Å². The Morgan fingerprint density at radius 2 is 2.17 bits per heavy atom. The summed E-state index contributed by atoms with van der Waals surface area (Å²) in [4.78, 5) is 24.4. The molecule has 1 aromatic carbocycles. The average Bonchev–Trinajstić information content (AvgIpc) is 2.55. The van der Waals surface area contributed by atoms with Crippen LogP contribution in [0.5, 0.6) is 0 Å². The van der Waals surface area contributed by atoms with Crippen molar-refractivity contribution in [1.29, 1.82) is 0 Å². The van der Waals surface area contributed by atoms with E-state index in [9.17, 15) is 9.59 Å². The number of nitrogens with one attached hydrogen (secondary N) is 2. The molecule has 5 heteroatoms. The lowest BCUT2D eigenvalue weighted by Crippen LogP contribution is -2.42. The SMILES string of the molecule is CCOC(=O)CC(NC(=O)C1CCCNC1)c1ccccc1C. The molecule has 1 aliphatic heterocycles. The molecule has 1 saturated heterocycles. The van der Waals surface area contributed by atoms with E-state index in [4.69, 9.17) is 4.74 Å². The van der Waals surface area contributed by atoms with Gasteiger partial charge < -0.3 is 15.4 Å². The maximum atomic E-state index is 12.5. The zero-order valence-electron chi connectivity index (χ0n) is 13.9. The molecule has 126 valence electrons. The van der Waals surface area contributed by atoms with Crippen LogP contribution >= 0.6 is 0 Å². The van der Waals surface area contributed by atoms with Gasteiger partial charge in [0.05, 0.1) is 25.0 Å². The zero-order chi connectivity index (χ0) is 16.7. The highest BCUT2D eigenvalue weighted by Gasteiger charge is 2.26. The second-order valence-corrected chi connectivity index (χ2v) is 5.97. The summed E-state index contributed by atoms with van der Waals surface area (Å²) in [7, 11) is 0. The molecular formula is C18H26N2O3. The van der Waals surface area contributed by atoms with Crippen LogP contribution in [0.1, 0.15) is 43.4 Å². The number of rotatable bonds is 6. The van der Waals surface area contributed by atoms with Crippen LogP contribution in [0.15, 0.2) is 24.3 Å². The Hall–Kier alpha value is -1.88. The Morgan fingerprint density at radius 1 is 1.39 bits per heavy atom. The molecule has 0 radical (unpaired) electrons. The van der Waals surface area contributed by atoms with Gasteiger partial charge in [-0.2, -0.15) is 0 Å². The summed E-state index contributed by atoms with van der Waals surface area (Å²) >= 11 is 0. The van der Waals surface area contributed by atoms with E-state index in [0.29, 0.717) is 13.2 Å². The van der Waals surface area contributed by atoms with E-state index < -0.39 is 0 Å². The second-order valence-electron chi connectivity index (χ2n) is 5.97. The van der Waals surface area contributed by atoms with Crippen LogP contribution in [0, 0.1) is 12.8 Å². The topological polar surface area (TPSA) is 67.4 Å². The van der Waals surface area contributed by atoms with Gasteiger partial charge in [0.15, 0.2) is 0 Å². The summed E-state index contributed by atoms with van der Waals surface area (Å²) in [5.41, 5.74) is 2.03. The molecule has 2 unspecified atom stereocenters. The van der Waals surface area contributed by atoms with Crippen molar-refractivity contribution in [2.45, 2.75) is 39.2 Å². The number of hydrogen-bond acceptors (Lipinski definition) is 4. The number of esters is 1. The lowest BCUT2D eigenvalue weighted by Gasteiger charge is -2.26. The first-order valence-corrected chi connectivity index (χ1v) is 8.34. The van der Waals surface area contributed by atoms with Crippen molar-refractivity contribution in [3.8, 4) is 0 Å². The molecule has 0 aliphatic carbocycles. The van der Waals surface area contributed by atoms with Crippen LogP contribution in [-0.4, -0.2) is 31.6 Å². The fraction of sp³-hybridized carbons (Fsp3) is 0.556. The number of carbonyl (C=O) groups is 2. The number of amides is 1. The summed E-state index contributed by atoms with van der Waals surface area (Å²) in [5, 5.41) is 6.30. The van der Waals surface area contributed by atoms with E-state index in [-0.39, 0.29) is 30.3 Å². The van der Waals surface area contributed by atoms with Gasteiger partial charge in [-0.3, -0.25) is 9.59 Å². The minimum atomic E-state index is -0.343. The van der Waals surface area contributed by atoms with Gasteiger partial charge in [0.1, 0.15) is 0 Å². The van der Waals surface area contributed by atoms with Gasteiger partial charge in [-0.25, -0.2) is 0 Å². The molecule has 2 rings (SSSR count). The molecule has 23 heavy (non-hydrogen) atoms. The summed E-state index contributed by atoms with van der Waals surface area (Å²) in [6, 6.07) is 7.48. The van der Waals surface area contributed by atoms with Crippen LogP contribution in [0.25, 0.3) is 0 Å². The zero-order valence-corrected chi connectivity index (χ0v) is 13.9. The van der Waals surface area contributed by atoms with Gasteiger partial charge in [0.2, 0.25) is 5.91 Å². The van der Waals surface area contributed by atoms with Crippen LogP contribution < -0.4 is 10.6 Å². The minimum Gasteiger partial charge on any atom is -0.466 e. The predicted octanol–water partition coefficient (Wildman–Crippen LogP) is 2.11. The third kappa shape index (κ3) is 5.06. The predicted molar refractivity (Wildman–Crippen MR) is 88.9 cm³/mol. The average molecular weight is 318 g/mol. The Morgan fingerprint density at radius 3 is 2.83 bits per heavy atom. The highest BCUT2D eigenvalue weighted by Crippen LogP contribution is 2.22. The number of carbonyl (C=O) groups excluding carboxylic acids is 2. The smallest absolute Gasteiger partial charge is 0.308 e. The van der Waals surface area contributed by atoms with E-state index in [2.05, 4.69) is 10.6 Å². The third-order valence-electron chi connectivity index (χ3n) is 4.22. The van der Waals surface area contributed by atoms with E-state index >= 15 is 0 Å². The Balaban J connectivity index is 2.11. The summed E-state index contributed by atoms with van der Waals surface area (Å²) < 4.78 is 5.06. The molecule has 1 heterocycles. The third-order valence-corrected chi connectivity index (χ3v) is 4.22. The number of benzene rings is 1. The van der Waals surface area contributed by atoms with Crippen LogP contribution in [0.3, 0.4) is 0 Å². The maximum Gasteiger partial charge on any atom is 0.308 e. The molecule has 2 N–H and O–H groups in total. The standard InChI is InChI=1S/C18H26N2O3/c1-3-23-17(21)11-16(15-9-5-4-7-13(15)2)20-18(22)14-8-6-10-19-12-14/h4-5,7,9,14,16,19H,3,6,8,10-12H2,1-2H3,(H,20,22). The molecular weight excluding hydrogens is 292 g/mol. The highest BCUT2D eigenvalue weighted by molar-refractivity contribution is 5.80. The fourth-order valence-corrected chi connectivity index (χ4v) is 2.97. The summed E-state index contributed by atoms with van der Waals surface area (Å²) in [5.74, 6) is -0.310. The Labute approximate surface area is 137 Å². The highest BCUT2D eigenvalue weighted by atomic mass is 16.5.